The zero-order valence-corrected chi connectivity index (χ0v) is 13.0. The molecule has 21 heavy (non-hydrogen) atoms. The van der Waals surface area contributed by atoms with E-state index in [4.69, 9.17) is 11.6 Å². The maximum absolute atomic E-state index is 12.5. The highest BCUT2D eigenvalue weighted by Crippen LogP contribution is 2.28. The number of fused-ring (bicyclic) bond motifs is 1. The average Bonchev–Trinajstić information content (AvgIpc) is 2.53. The minimum atomic E-state index is 0.129. The van der Waals surface area contributed by atoms with Gasteiger partial charge in [0.1, 0.15) is 0 Å². The molecule has 0 atom stereocenters. The number of amides is 1. The van der Waals surface area contributed by atoms with E-state index in [1.54, 1.807) is 12.3 Å². The number of hydrogen-bond donors (Lipinski definition) is 0. The number of thioether (sulfide) groups is 1. The second kappa shape index (κ2) is 6.50. The second-order valence-electron chi connectivity index (χ2n) is 4.88. The third-order valence-corrected chi connectivity index (χ3v) is 4.61. The molecule has 5 heteroatoms. The van der Waals surface area contributed by atoms with Crippen LogP contribution < -0.4 is 4.90 Å². The smallest absolute Gasteiger partial charge is 0.237 e. The zero-order valence-electron chi connectivity index (χ0n) is 11.5. The van der Waals surface area contributed by atoms with Crippen molar-refractivity contribution in [1.82, 2.24) is 4.98 Å². The summed E-state index contributed by atoms with van der Waals surface area (Å²) in [6, 6.07) is 11.8. The summed E-state index contributed by atoms with van der Waals surface area (Å²) in [5.74, 6) is 0.520. The molecule has 0 saturated heterocycles. The van der Waals surface area contributed by atoms with E-state index in [2.05, 4.69) is 11.1 Å². The van der Waals surface area contributed by atoms with Crippen molar-refractivity contribution < 1.29 is 4.79 Å². The SMILES string of the molecule is O=C(CSc1ccc(Cl)cn1)N1CCCc2ccccc21. The normalized spacial score (nSPS) is 13.9. The Labute approximate surface area is 133 Å². The van der Waals surface area contributed by atoms with Crippen molar-refractivity contribution in [1.29, 1.82) is 0 Å². The predicted octanol–water partition coefficient (Wildman–Crippen LogP) is 3.81. The van der Waals surface area contributed by atoms with Crippen molar-refractivity contribution >= 4 is 35.0 Å². The first-order valence-electron chi connectivity index (χ1n) is 6.86. The molecule has 0 saturated carbocycles. The van der Waals surface area contributed by atoms with Crippen LogP contribution in [0.3, 0.4) is 0 Å². The Bertz CT molecular complexity index is 645. The van der Waals surface area contributed by atoms with E-state index in [1.807, 2.05) is 29.2 Å². The molecular weight excluding hydrogens is 304 g/mol. The van der Waals surface area contributed by atoms with Crippen molar-refractivity contribution in [2.45, 2.75) is 17.9 Å². The van der Waals surface area contributed by atoms with Gasteiger partial charge in [-0.15, -0.1) is 0 Å². The Kier molecular flexibility index (Phi) is 4.46. The summed E-state index contributed by atoms with van der Waals surface area (Å²) in [4.78, 5) is 18.5. The van der Waals surface area contributed by atoms with Crippen molar-refractivity contribution in [3.8, 4) is 0 Å². The van der Waals surface area contributed by atoms with Crippen LogP contribution in [0.1, 0.15) is 12.0 Å². The second-order valence-corrected chi connectivity index (χ2v) is 6.31. The number of para-hydroxylation sites is 1. The van der Waals surface area contributed by atoms with Gasteiger partial charge < -0.3 is 4.90 Å². The molecule has 1 aromatic carbocycles. The van der Waals surface area contributed by atoms with Crippen LogP contribution in [0.4, 0.5) is 5.69 Å². The molecule has 0 fully saturated rings. The quantitative estimate of drug-likeness (QED) is 0.807. The number of pyridine rings is 1. The van der Waals surface area contributed by atoms with Crippen molar-refractivity contribution in [3.05, 3.63) is 53.2 Å². The molecule has 108 valence electrons. The lowest BCUT2D eigenvalue weighted by Gasteiger charge is -2.29. The number of carbonyl (C=O) groups is 1. The van der Waals surface area contributed by atoms with E-state index in [-0.39, 0.29) is 5.91 Å². The summed E-state index contributed by atoms with van der Waals surface area (Å²) >= 11 is 7.25. The molecule has 0 bridgehead atoms. The fraction of sp³-hybridized carbons (Fsp3) is 0.250. The van der Waals surface area contributed by atoms with Crippen LogP contribution in [0, 0.1) is 0 Å². The van der Waals surface area contributed by atoms with Crippen LogP contribution in [0.2, 0.25) is 5.02 Å². The maximum Gasteiger partial charge on any atom is 0.237 e. The third-order valence-electron chi connectivity index (χ3n) is 3.46. The van der Waals surface area contributed by atoms with Gasteiger partial charge in [-0.1, -0.05) is 41.6 Å². The van der Waals surface area contributed by atoms with E-state index in [1.165, 1.54) is 17.3 Å². The summed E-state index contributed by atoms with van der Waals surface area (Å²) in [7, 11) is 0. The molecule has 2 aromatic rings. The van der Waals surface area contributed by atoms with Crippen molar-refractivity contribution in [2.75, 3.05) is 17.2 Å². The molecule has 0 aliphatic carbocycles. The Hall–Kier alpha value is -1.52. The van der Waals surface area contributed by atoms with E-state index in [0.29, 0.717) is 10.8 Å². The van der Waals surface area contributed by atoms with E-state index >= 15 is 0 Å². The summed E-state index contributed by atoms with van der Waals surface area (Å²) in [5.41, 5.74) is 2.31. The van der Waals surface area contributed by atoms with Gasteiger partial charge in [0, 0.05) is 18.4 Å². The van der Waals surface area contributed by atoms with Gasteiger partial charge in [-0.25, -0.2) is 4.98 Å². The predicted molar refractivity (Wildman–Crippen MR) is 87.1 cm³/mol. The number of rotatable bonds is 3. The average molecular weight is 319 g/mol. The highest BCUT2D eigenvalue weighted by molar-refractivity contribution is 7.99. The monoisotopic (exact) mass is 318 g/mol. The lowest BCUT2D eigenvalue weighted by molar-refractivity contribution is -0.116. The molecule has 2 heterocycles. The van der Waals surface area contributed by atoms with Gasteiger partial charge in [0.25, 0.3) is 0 Å². The molecule has 1 aromatic heterocycles. The summed E-state index contributed by atoms with van der Waals surface area (Å²) in [6.45, 7) is 0.796. The standard InChI is InChI=1S/C16H15ClN2OS/c17-13-7-8-15(18-10-13)21-11-16(20)19-9-3-5-12-4-1-2-6-14(12)19/h1-2,4,6-8,10H,3,5,9,11H2. The lowest BCUT2D eigenvalue weighted by atomic mass is 10.0. The fourth-order valence-corrected chi connectivity index (χ4v) is 3.28. The maximum atomic E-state index is 12.5. The van der Waals surface area contributed by atoms with Gasteiger partial charge in [0.2, 0.25) is 5.91 Å². The van der Waals surface area contributed by atoms with Gasteiger partial charge in [0.15, 0.2) is 0 Å². The first-order valence-corrected chi connectivity index (χ1v) is 8.23. The minimum absolute atomic E-state index is 0.129. The van der Waals surface area contributed by atoms with Crippen LogP contribution in [0.5, 0.6) is 0 Å². The first kappa shape index (κ1) is 14.4. The third kappa shape index (κ3) is 3.39. The van der Waals surface area contributed by atoms with Crippen LogP contribution in [0.15, 0.2) is 47.6 Å². The number of benzene rings is 1. The van der Waals surface area contributed by atoms with Crippen LogP contribution in [-0.4, -0.2) is 23.2 Å². The largest absolute Gasteiger partial charge is 0.311 e. The Balaban J connectivity index is 1.68. The number of carbonyl (C=O) groups excluding carboxylic acids is 1. The molecule has 0 radical (unpaired) electrons. The summed E-state index contributed by atoms with van der Waals surface area (Å²) in [6.07, 6.45) is 3.67. The van der Waals surface area contributed by atoms with E-state index in [9.17, 15) is 4.79 Å². The minimum Gasteiger partial charge on any atom is -0.311 e. The van der Waals surface area contributed by atoms with E-state index < -0.39 is 0 Å². The number of hydrogen-bond acceptors (Lipinski definition) is 3. The van der Waals surface area contributed by atoms with Crippen LogP contribution in [-0.2, 0) is 11.2 Å². The Morgan fingerprint density at radius 3 is 2.95 bits per heavy atom. The Morgan fingerprint density at radius 1 is 1.29 bits per heavy atom. The topological polar surface area (TPSA) is 33.2 Å². The van der Waals surface area contributed by atoms with Gasteiger partial charge in [-0.3, -0.25) is 4.79 Å². The highest BCUT2D eigenvalue weighted by Gasteiger charge is 2.21. The molecule has 1 aliphatic rings. The number of halogens is 1. The molecular formula is C16H15ClN2OS. The van der Waals surface area contributed by atoms with Gasteiger partial charge in [-0.05, 0) is 36.6 Å². The number of anilines is 1. The summed E-state index contributed by atoms with van der Waals surface area (Å²) < 4.78 is 0. The van der Waals surface area contributed by atoms with Crippen molar-refractivity contribution in [2.24, 2.45) is 0 Å². The van der Waals surface area contributed by atoms with E-state index in [0.717, 1.165) is 30.1 Å². The molecule has 0 unspecified atom stereocenters. The Morgan fingerprint density at radius 2 is 2.14 bits per heavy atom. The number of aromatic nitrogens is 1. The molecule has 0 N–H and O–H groups in total. The molecule has 0 spiro atoms. The summed E-state index contributed by atoms with van der Waals surface area (Å²) in [5, 5.41) is 1.42. The van der Waals surface area contributed by atoms with Crippen molar-refractivity contribution in [3.63, 3.8) is 0 Å². The first-order chi connectivity index (χ1) is 10.2. The number of aryl methyl sites for hydroxylation is 1. The lowest BCUT2D eigenvalue weighted by Crippen LogP contribution is -2.36. The van der Waals surface area contributed by atoms with Gasteiger partial charge in [0.05, 0.1) is 15.8 Å². The fourth-order valence-electron chi connectivity index (χ4n) is 2.45. The molecule has 1 aliphatic heterocycles. The highest BCUT2D eigenvalue weighted by atomic mass is 35.5. The van der Waals surface area contributed by atoms with Crippen LogP contribution >= 0.6 is 23.4 Å². The molecule has 3 rings (SSSR count). The zero-order chi connectivity index (χ0) is 14.7. The van der Waals surface area contributed by atoms with Gasteiger partial charge in [-0.2, -0.15) is 0 Å². The van der Waals surface area contributed by atoms with Gasteiger partial charge >= 0.3 is 0 Å². The molecule has 3 nitrogen and oxygen atoms in total. The molecule has 1 amide bonds. The van der Waals surface area contributed by atoms with Crippen LogP contribution in [0.25, 0.3) is 0 Å². The number of nitrogens with zero attached hydrogens (tertiary/aromatic N) is 2.